The van der Waals surface area contributed by atoms with Gasteiger partial charge < -0.3 is 5.32 Å². The van der Waals surface area contributed by atoms with E-state index in [9.17, 15) is 13.2 Å². The summed E-state index contributed by atoms with van der Waals surface area (Å²) in [5.74, 6) is -0.316. The number of amides is 1. The van der Waals surface area contributed by atoms with Gasteiger partial charge >= 0.3 is 0 Å². The molecule has 0 unspecified atom stereocenters. The quantitative estimate of drug-likeness (QED) is 0.719. The standard InChI is InChI=1S/C22H27ClN2O3S/c1-16(2)20-10-3-4-11-21(20)24-22(26)18-8-6-12-25(14-18)29(27,28)15-17-7-5-9-19(23)13-17/h3-5,7,9-11,13,16,18H,6,8,12,14-15H2,1-2H3,(H,24,26)/t18-/m0/s1. The van der Waals surface area contributed by atoms with Crippen LogP contribution in [0.2, 0.25) is 5.02 Å². The lowest BCUT2D eigenvalue weighted by atomic mass is 9.97. The second-order valence-electron chi connectivity index (χ2n) is 7.81. The molecule has 0 saturated carbocycles. The van der Waals surface area contributed by atoms with Crippen molar-refractivity contribution in [3.63, 3.8) is 0 Å². The van der Waals surface area contributed by atoms with Crippen LogP contribution in [0, 0.1) is 5.92 Å². The second-order valence-corrected chi connectivity index (χ2v) is 10.2. The molecule has 1 amide bonds. The average Bonchev–Trinajstić information content (AvgIpc) is 2.68. The fourth-order valence-electron chi connectivity index (χ4n) is 3.69. The molecule has 1 aliphatic heterocycles. The molecule has 0 radical (unpaired) electrons. The lowest BCUT2D eigenvalue weighted by Gasteiger charge is -2.31. The Bertz CT molecular complexity index is 976. The number of anilines is 1. The van der Waals surface area contributed by atoms with Crippen LogP contribution in [0.25, 0.3) is 0 Å². The van der Waals surface area contributed by atoms with Gasteiger partial charge in [0.2, 0.25) is 15.9 Å². The maximum atomic E-state index is 12.9. The molecule has 1 saturated heterocycles. The number of nitrogens with zero attached hydrogens (tertiary/aromatic N) is 1. The van der Waals surface area contributed by atoms with E-state index < -0.39 is 10.0 Å². The van der Waals surface area contributed by atoms with Crippen molar-refractivity contribution in [2.75, 3.05) is 18.4 Å². The minimum absolute atomic E-state index is 0.113. The van der Waals surface area contributed by atoms with Gasteiger partial charge in [-0.15, -0.1) is 0 Å². The highest BCUT2D eigenvalue weighted by atomic mass is 35.5. The minimum atomic E-state index is -3.52. The number of hydrogen-bond acceptors (Lipinski definition) is 3. The number of para-hydroxylation sites is 1. The van der Waals surface area contributed by atoms with Crippen LogP contribution in [0.3, 0.4) is 0 Å². The van der Waals surface area contributed by atoms with Crippen molar-refractivity contribution in [3.8, 4) is 0 Å². The third-order valence-electron chi connectivity index (χ3n) is 5.23. The zero-order valence-corrected chi connectivity index (χ0v) is 18.3. The Kier molecular flexibility index (Phi) is 6.98. The molecule has 1 heterocycles. The number of sulfonamides is 1. The van der Waals surface area contributed by atoms with Crippen LogP contribution >= 0.6 is 11.6 Å². The Hall–Kier alpha value is -1.89. The number of hydrogen-bond donors (Lipinski definition) is 1. The van der Waals surface area contributed by atoms with Gasteiger partial charge in [0.25, 0.3) is 0 Å². The highest BCUT2D eigenvalue weighted by molar-refractivity contribution is 7.88. The zero-order chi connectivity index (χ0) is 21.0. The van der Waals surface area contributed by atoms with Gasteiger partial charge in [0.15, 0.2) is 0 Å². The van der Waals surface area contributed by atoms with Crippen molar-refractivity contribution >= 4 is 33.2 Å². The summed E-state index contributed by atoms with van der Waals surface area (Å²) in [5, 5.41) is 3.52. The normalized spacial score (nSPS) is 18.0. The van der Waals surface area contributed by atoms with Gasteiger partial charge in [-0.2, -0.15) is 0 Å². The predicted octanol–water partition coefficient (Wildman–Crippen LogP) is 4.64. The molecule has 1 N–H and O–H groups in total. The summed E-state index contributed by atoms with van der Waals surface area (Å²) >= 11 is 5.97. The number of rotatable bonds is 6. The zero-order valence-electron chi connectivity index (χ0n) is 16.8. The number of benzene rings is 2. The van der Waals surface area contributed by atoms with Crippen molar-refractivity contribution in [2.24, 2.45) is 5.92 Å². The van der Waals surface area contributed by atoms with Crippen molar-refractivity contribution < 1.29 is 13.2 Å². The lowest BCUT2D eigenvalue weighted by molar-refractivity contribution is -0.120. The molecule has 0 aliphatic carbocycles. The molecule has 156 valence electrons. The van der Waals surface area contributed by atoms with E-state index in [1.807, 2.05) is 24.3 Å². The summed E-state index contributed by atoms with van der Waals surface area (Å²) < 4.78 is 27.2. The molecule has 1 atom stereocenters. The first-order valence-electron chi connectivity index (χ1n) is 9.88. The summed E-state index contributed by atoms with van der Waals surface area (Å²) in [6, 6.07) is 14.6. The van der Waals surface area contributed by atoms with Crippen LogP contribution in [0.4, 0.5) is 5.69 Å². The monoisotopic (exact) mass is 434 g/mol. The fraction of sp³-hybridized carbons (Fsp3) is 0.409. The summed E-state index contributed by atoms with van der Waals surface area (Å²) in [6.45, 7) is 4.80. The third kappa shape index (κ3) is 5.59. The highest BCUT2D eigenvalue weighted by Gasteiger charge is 2.32. The largest absolute Gasteiger partial charge is 0.326 e. The molecule has 0 aromatic heterocycles. The summed E-state index contributed by atoms with van der Waals surface area (Å²) in [5.41, 5.74) is 2.52. The highest BCUT2D eigenvalue weighted by Crippen LogP contribution is 2.27. The molecule has 2 aromatic rings. The van der Waals surface area contributed by atoms with Gasteiger partial charge in [-0.3, -0.25) is 4.79 Å². The summed E-state index contributed by atoms with van der Waals surface area (Å²) in [4.78, 5) is 12.9. The van der Waals surface area contributed by atoms with Gasteiger partial charge in [0, 0.05) is 23.8 Å². The SMILES string of the molecule is CC(C)c1ccccc1NC(=O)[C@H]1CCCN(S(=O)(=O)Cc2cccc(Cl)c2)C1. The Morgan fingerprint density at radius 3 is 2.69 bits per heavy atom. The van der Waals surface area contributed by atoms with E-state index in [4.69, 9.17) is 11.6 Å². The molecular formula is C22H27ClN2O3S. The molecule has 1 fully saturated rings. The third-order valence-corrected chi connectivity index (χ3v) is 7.28. The predicted molar refractivity (Wildman–Crippen MR) is 118 cm³/mol. The van der Waals surface area contributed by atoms with Crippen molar-refractivity contribution in [3.05, 3.63) is 64.7 Å². The lowest BCUT2D eigenvalue weighted by Crippen LogP contribution is -2.44. The molecule has 2 aromatic carbocycles. The van der Waals surface area contributed by atoms with E-state index >= 15 is 0 Å². The fourth-order valence-corrected chi connectivity index (χ4v) is 5.50. The molecule has 1 aliphatic rings. The van der Waals surface area contributed by atoms with Gasteiger partial charge in [-0.05, 0) is 48.1 Å². The van der Waals surface area contributed by atoms with Gasteiger partial charge in [0.1, 0.15) is 0 Å². The number of halogens is 1. The number of piperidine rings is 1. The number of nitrogens with one attached hydrogen (secondary N) is 1. The van der Waals surface area contributed by atoms with Gasteiger partial charge in [0.05, 0.1) is 11.7 Å². The van der Waals surface area contributed by atoms with E-state index in [-0.39, 0.29) is 30.0 Å². The summed E-state index contributed by atoms with van der Waals surface area (Å²) in [6.07, 6.45) is 1.34. The molecule has 7 heteroatoms. The van der Waals surface area contributed by atoms with Crippen LogP contribution in [-0.2, 0) is 20.6 Å². The Balaban J connectivity index is 1.69. The van der Waals surface area contributed by atoms with Crippen LogP contribution in [-0.4, -0.2) is 31.7 Å². The average molecular weight is 435 g/mol. The van der Waals surface area contributed by atoms with Crippen LogP contribution in [0.15, 0.2) is 48.5 Å². The number of carbonyl (C=O) groups excluding carboxylic acids is 1. The van der Waals surface area contributed by atoms with E-state index in [1.54, 1.807) is 24.3 Å². The topological polar surface area (TPSA) is 66.5 Å². The maximum absolute atomic E-state index is 12.9. The van der Waals surface area contributed by atoms with Crippen LogP contribution in [0.5, 0.6) is 0 Å². The van der Waals surface area contributed by atoms with Crippen LogP contribution < -0.4 is 5.32 Å². The Morgan fingerprint density at radius 1 is 1.21 bits per heavy atom. The molecular weight excluding hydrogens is 408 g/mol. The first-order valence-corrected chi connectivity index (χ1v) is 11.9. The van der Waals surface area contributed by atoms with Crippen molar-refractivity contribution in [1.82, 2.24) is 4.31 Å². The van der Waals surface area contributed by atoms with Crippen LogP contribution in [0.1, 0.15) is 43.7 Å². The Morgan fingerprint density at radius 2 is 1.97 bits per heavy atom. The molecule has 5 nitrogen and oxygen atoms in total. The smallest absolute Gasteiger partial charge is 0.228 e. The minimum Gasteiger partial charge on any atom is -0.326 e. The Labute approximate surface area is 178 Å². The van der Waals surface area contributed by atoms with Crippen molar-refractivity contribution in [2.45, 2.75) is 38.4 Å². The second kappa shape index (κ2) is 9.28. The van der Waals surface area contributed by atoms with E-state index in [0.29, 0.717) is 30.0 Å². The van der Waals surface area contributed by atoms with E-state index in [2.05, 4.69) is 19.2 Å². The maximum Gasteiger partial charge on any atom is 0.228 e. The van der Waals surface area contributed by atoms with E-state index in [0.717, 1.165) is 11.3 Å². The first kappa shape index (κ1) is 21.8. The summed E-state index contributed by atoms with van der Waals surface area (Å²) in [7, 11) is -3.52. The van der Waals surface area contributed by atoms with Crippen molar-refractivity contribution in [1.29, 1.82) is 0 Å². The first-order chi connectivity index (χ1) is 13.8. The molecule has 3 rings (SSSR count). The number of carbonyl (C=O) groups is 1. The molecule has 0 bridgehead atoms. The molecule has 29 heavy (non-hydrogen) atoms. The molecule has 0 spiro atoms. The van der Waals surface area contributed by atoms with Gasteiger partial charge in [-0.25, -0.2) is 12.7 Å². The van der Waals surface area contributed by atoms with E-state index in [1.165, 1.54) is 4.31 Å². The van der Waals surface area contributed by atoms with Gasteiger partial charge in [-0.1, -0.05) is 55.8 Å².